The summed E-state index contributed by atoms with van der Waals surface area (Å²) in [6, 6.07) is 11.4. The lowest BCUT2D eigenvalue weighted by molar-refractivity contribution is 0.0323. The summed E-state index contributed by atoms with van der Waals surface area (Å²) in [6.45, 7) is 0.417. The molecule has 2 unspecified atom stereocenters. The molecular formula is C15H16ClNO3. The van der Waals surface area contributed by atoms with Crippen LogP contribution in [-0.4, -0.2) is 27.2 Å². The Hall–Kier alpha value is -1.62. The van der Waals surface area contributed by atoms with E-state index in [2.05, 4.69) is 4.98 Å². The van der Waals surface area contributed by atoms with E-state index in [0.29, 0.717) is 17.9 Å². The third kappa shape index (κ3) is 3.93. The van der Waals surface area contributed by atoms with Gasteiger partial charge in [0.15, 0.2) is 0 Å². The van der Waals surface area contributed by atoms with Gasteiger partial charge in [0.1, 0.15) is 18.5 Å². The van der Waals surface area contributed by atoms with Crippen molar-refractivity contribution in [3.63, 3.8) is 0 Å². The highest BCUT2D eigenvalue weighted by Gasteiger charge is 2.18. The van der Waals surface area contributed by atoms with Crippen molar-refractivity contribution in [2.75, 3.05) is 5.88 Å². The van der Waals surface area contributed by atoms with E-state index >= 15 is 0 Å². The summed E-state index contributed by atoms with van der Waals surface area (Å²) in [7, 11) is 0. The minimum absolute atomic E-state index is 0.0454. The van der Waals surface area contributed by atoms with Crippen molar-refractivity contribution < 1.29 is 14.9 Å². The van der Waals surface area contributed by atoms with Crippen LogP contribution in [0.15, 0.2) is 48.8 Å². The Balaban J connectivity index is 2.03. The molecule has 0 spiro atoms. The van der Waals surface area contributed by atoms with E-state index in [0.717, 1.165) is 5.56 Å². The molecule has 106 valence electrons. The highest BCUT2D eigenvalue weighted by molar-refractivity contribution is 6.18. The molecule has 0 bridgehead atoms. The fourth-order valence-electron chi connectivity index (χ4n) is 1.72. The zero-order valence-corrected chi connectivity index (χ0v) is 11.6. The Morgan fingerprint density at radius 2 is 1.90 bits per heavy atom. The van der Waals surface area contributed by atoms with Gasteiger partial charge in [-0.25, -0.2) is 0 Å². The fourth-order valence-corrected chi connectivity index (χ4v) is 1.89. The van der Waals surface area contributed by atoms with Gasteiger partial charge in [0.05, 0.1) is 18.2 Å². The van der Waals surface area contributed by atoms with Crippen LogP contribution in [0.5, 0.6) is 5.75 Å². The normalized spacial score (nSPS) is 13.8. The molecule has 2 aromatic rings. The van der Waals surface area contributed by atoms with Crippen LogP contribution in [0.3, 0.4) is 0 Å². The summed E-state index contributed by atoms with van der Waals surface area (Å²) in [5.74, 6) is 0.489. The lowest BCUT2D eigenvalue weighted by Gasteiger charge is -2.16. The van der Waals surface area contributed by atoms with Gasteiger partial charge in [0.2, 0.25) is 0 Å². The van der Waals surface area contributed by atoms with Crippen molar-refractivity contribution in [3.05, 3.63) is 59.9 Å². The Bertz CT molecular complexity index is 536. The van der Waals surface area contributed by atoms with Gasteiger partial charge in [-0.3, -0.25) is 4.98 Å². The molecule has 0 amide bonds. The molecule has 5 heteroatoms. The average Bonchev–Trinajstić information content (AvgIpc) is 2.52. The summed E-state index contributed by atoms with van der Waals surface area (Å²) in [6.07, 6.45) is 0.949. The molecular weight excluding hydrogens is 278 g/mol. The molecule has 0 aliphatic rings. The van der Waals surface area contributed by atoms with E-state index in [4.69, 9.17) is 16.3 Å². The number of alkyl halides is 1. The first-order valence-electron chi connectivity index (χ1n) is 6.24. The number of aromatic nitrogens is 1. The Labute approximate surface area is 122 Å². The second kappa shape index (κ2) is 7.24. The van der Waals surface area contributed by atoms with Gasteiger partial charge in [-0.1, -0.05) is 30.3 Å². The van der Waals surface area contributed by atoms with Crippen LogP contribution in [0.2, 0.25) is 0 Å². The molecule has 20 heavy (non-hydrogen) atoms. The van der Waals surface area contributed by atoms with E-state index < -0.39 is 12.2 Å². The van der Waals surface area contributed by atoms with Gasteiger partial charge in [-0.15, -0.1) is 11.6 Å². The number of hydrogen-bond donors (Lipinski definition) is 2. The van der Waals surface area contributed by atoms with Crippen molar-refractivity contribution >= 4 is 11.6 Å². The number of aliphatic hydroxyl groups is 2. The van der Waals surface area contributed by atoms with Crippen molar-refractivity contribution in [1.82, 2.24) is 4.98 Å². The first-order valence-corrected chi connectivity index (χ1v) is 6.78. The first kappa shape index (κ1) is 14.8. The molecule has 4 nitrogen and oxygen atoms in total. The van der Waals surface area contributed by atoms with Crippen LogP contribution in [0.4, 0.5) is 0 Å². The molecule has 2 N–H and O–H groups in total. The summed E-state index contributed by atoms with van der Waals surface area (Å²) >= 11 is 5.52. The van der Waals surface area contributed by atoms with E-state index in [1.165, 1.54) is 6.20 Å². The van der Waals surface area contributed by atoms with Crippen molar-refractivity contribution in [1.29, 1.82) is 0 Å². The number of pyridine rings is 1. The predicted octanol–water partition coefficient (Wildman–Crippen LogP) is 2.29. The van der Waals surface area contributed by atoms with Crippen LogP contribution in [0.1, 0.15) is 17.2 Å². The highest BCUT2D eigenvalue weighted by atomic mass is 35.5. The number of benzene rings is 1. The van der Waals surface area contributed by atoms with E-state index in [9.17, 15) is 10.2 Å². The summed E-state index contributed by atoms with van der Waals surface area (Å²) in [5, 5.41) is 19.4. The third-order valence-corrected chi connectivity index (χ3v) is 3.16. The molecule has 0 radical (unpaired) electrons. The van der Waals surface area contributed by atoms with Crippen molar-refractivity contribution in [3.8, 4) is 5.75 Å². The molecule has 0 aliphatic heterocycles. The zero-order valence-electron chi connectivity index (χ0n) is 10.8. The molecule has 1 aromatic carbocycles. The Morgan fingerprint density at radius 1 is 1.15 bits per heavy atom. The minimum Gasteiger partial charge on any atom is -0.487 e. The first-order chi connectivity index (χ1) is 9.70. The molecule has 1 aromatic heterocycles. The SMILES string of the molecule is OC(CCl)C(O)c1cncc(OCc2ccccc2)c1. The van der Waals surface area contributed by atoms with Gasteiger partial charge in [-0.05, 0) is 11.6 Å². The standard InChI is InChI=1S/C15H16ClNO3/c16-7-14(18)15(19)12-6-13(9-17-8-12)20-10-11-4-2-1-3-5-11/h1-6,8-9,14-15,18-19H,7,10H2. The van der Waals surface area contributed by atoms with Gasteiger partial charge in [0, 0.05) is 11.8 Å². The average molecular weight is 294 g/mol. The predicted molar refractivity (Wildman–Crippen MR) is 76.7 cm³/mol. The van der Waals surface area contributed by atoms with Crippen LogP contribution >= 0.6 is 11.6 Å². The van der Waals surface area contributed by atoms with Crippen LogP contribution in [0.25, 0.3) is 0 Å². The van der Waals surface area contributed by atoms with Crippen LogP contribution in [0, 0.1) is 0 Å². The molecule has 0 saturated heterocycles. The molecule has 2 rings (SSSR count). The molecule has 0 aliphatic carbocycles. The lowest BCUT2D eigenvalue weighted by atomic mass is 10.1. The van der Waals surface area contributed by atoms with Gasteiger partial charge < -0.3 is 14.9 Å². The largest absolute Gasteiger partial charge is 0.487 e. The van der Waals surface area contributed by atoms with Gasteiger partial charge in [-0.2, -0.15) is 0 Å². The number of rotatable bonds is 6. The van der Waals surface area contributed by atoms with Gasteiger partial charge >= 0.3 is 0 Å². The molecule has 1 heterocycles. The molecule has 2 atom stereocenters. The van der Waals surface area contributed by atoms with E-state index in [1.54, 1.807) is 12.3 Å². The molecule has 0 saturated carbocycles. The number of halogens is 1. The van der Waals surface area contributed by atoms with Crippen LogP contribution < -0.4 is 4.74 Å². The number of aliphatic hydroxyl groups excluding tert-OH is 2. The quantitative estimate of drug-likeness (QED) is 0.802. The minimum atomic E-state index is -1.07. The lowest BCUT2D eigenvalue weighted by Crippen LogP contribution is -2.19. The number of nitrogens with zero attached hydrogens (tertiary/aromatic N) is 1. The maximum absolute atomic E-state index is 9.87. The molecule has 0 fully saturated rings. The van der Waals surface area contributed by atoms with E-state index in [-0.39, 0.29) is 5.88 Å². The number of ether oxygens (including phenoxy) is 1. The highest BCUT2D eigenvalue weighted by Crippen LogP contribution is 2.21. The number of hydrogen-bond acceptors (Lipinski definition) is 4. The fraction of sp³-hybridized carbons (Fsp3) is 0.267. The second-order valence-electron chi connectivity index (χ2n) is 4.39. The van der Waals surface area contributed by atoms with Crippen LogP contribution in [-0.2, 0) is 6.61 Å². The monoisotopic (exact) mass is 293 g/mol. The maximum atomic E-state index is 9.87. The zero-order chi connectivity index (χ0) is 14.4. The Kier molecular flexibility index (Phi) is 5.35. The summed E-state index contributed by atoms with van der Waals surface area (Å²) in [5.41, 5.74) is 1.52. The maximum Gasteiger partial charge on any atom is 0.138 e. The Morgan fingerprint density at radius 3 is 2.60 bits per heavy atom. The van der Waals surface area contributed by atoms with Crippen molar-refractivity contribution in [2.45, 2.75) is 18.8 Å². The van der Waals surface area contributed by atoms with E-state index in [1.807, 2.05) is 30.3 Å². The van der Waals surface area contributed by atoms with Gasteiger partial charge in [0.25, 0.3) is 0 Å². The third-order valence-electron chi connectivity index (χ3n) is 2.85. The second-order valence-corrected chi connectivity index (χ2v) is 4.70. The topological polar surface area (TPSA) is 62.6 Å². The summed E-state index contributed by atoms with van der Waals surface area (Å²) in [4.78, 5) is 4.00. The van der Waals surface area contributed by atoms with Crippen molar-refractivity contribution in [2.24, 2.45) is 0 Å². The smallest absolute Gasteiger partial charge is 0.138 e. The summed E-state index contributed by atoms with van der Waals surface area (Å²) < 4.78 is 5.61.